The Bertz CT molecular complexity index is 792. The number of hydrogen-bond acceptors (Lipinski definition) is 5. The number of anilines is 1. The van der Waals surface area contributed by atoms with Crippen LogP contribution in [0, 0.1) is 5.92 Å². The largest absolute Gasteiger partial charge is 0.497 e. The quantitative estimate of drug-likeness (QED) is 0.669. The molecule has 2 heterocycles. The van der Waals surface area contributed by atoms with E-state index in [4.69, 9.17) is 9.47 Å². The van der Waals surface area contributed by atoms with Gasteiger partial charge in [0.05, 0.1) is 33.4 Å². The number of carbonyl (C=O) groups excluding carboxylic acids is 2. The van der Waals surface area contributed by atoms with Gasteiger partial charge in [0.15, 0.2) is 6.54 Å². The number of hydrogen-bond donors (Lipinski definition) is 1. The van der Waals surface area contributed by atoms with Gasteiger partial charge in [-0.25, -0.2) is 0 Å². The normalized spacial score (nSPS) is 18.8. The monoisotopic (exact) mass is 417 g/mol. The van der Waals surface area contributed by atoms with Crippen molar-refractivity contribution in [3.05, 3.63) is 46.7 Å². The predicted octanol–water partition coefficient (Wildman–Crippen LogP) is 2.15. The number of nitrogens with one attached hydrogen (secondary N) is 1. The minimum absolute atomic E-state index is 0.0584. The van der Waals surface area contributed by atoms with Crippen LogP contribution in [0.25, 0.3) is 0 Å². The fourth-order valence-electron chi connectivity index (χ4n) is 3.73. The van der Waals surface area contributed by atoms with Crippen LogP contribution in [0.4, 0.5) is 5.69 Å². The van der Waals surface area contributed by atoms with E-state index in [1.807, 2.05) is 53.6 Å². The Morgan fingerprint density at radius 3 is 2.69 bits per heavy atom. The summed E-state index contributed by atoms with van der Waals surface area (Å²) in [6.07, 6.45) is 1.77. The number of esters is 1. The van der Waals surface area contributed by atoms with Crippen molar-refractivity contribution >= 4 is 28.9 Å². The molecule has 0 aliphatic carbocycles. The molecule has 1 aromatic carbocycles. The Kier molecular flexibility index (Phi) is 7.66. The van der Waals surface area contributed by atoms with Crippen LogP contribution in [-0.2, 0) is 20.9 Å². The SMILES string of the molecule is CCOC(=O)[C@H]1CCC[NH+](CC(=O)N(Cc2cccs2)c2ccc(OC)cc2)C1. The smallest absolute Gasteiger partial charge is 0.314 e. The summed E-state index contributed by atoms with van der Waals surface area (Å²) in [5, 5.41) is 2.02. The van der Waals surface area contributed by atoms with Crippen LogP contribution in [0.5, 0.6) is 5.75 Å². The minimum Gasteiger partial charge on any atom is -0.497 e. The summed E-state index contributed by atoms with van der Waals surface area (Å²) >= 11 is 1.64. The summed E-state index contributed by atoms with van der Waals surface area (Å²) in [5.41, 5.74) is 0.850. The Balaban J connectivity index is 1.71. The van der Waals surface area contributed by atoms with Gasteiger partial charge >= 0.3 is 5.97 Å². The molecule has 29 heavy (non-hydrogen) atoms. The summed E-state index contributed by atoms with van der Waals surface area (Å²) in [6.45, 7) is 4.68. The number of likely N-dealkylation sites (tertiary alicyclic amines) is 1. The number of nitrogens with zero attached hydrogens (tertiary/aromatic N) is 1. The maximum Gasteiger partial charge on any atom is 0.314 e. The number of rotatable bonds is 8. The van der Waals surface area contributed by atoms with Crippen LogP contribution < -0.4 is 14.5 Å². The zero-order chi connectivity index (χ0) is 20.6. The Morgan fingerprint density at radius 2 is 2.03 bits per heavy atom. The third kappa shape index (κ3) is 5.81. The second kappa shape index (κ2) is 10.4. The van der Waals surface area contributed by atoms with Crippen molar-refractivity contribution in [3.63, 3.8) is 0 Å². The zero-order valence-corrected chi connectivity index (χ0v) is 17.9. The van der Waals surface area contributed by atoms with Crippen LogP contribution in [0.1, 0.15) is 24.6 Å². The first-order valence-electron chi connectivity index (χ1n) is 10.1. The van der Waals surface area contributed by atoms with Gasteiger partial charge in [-0.05, 0) is 55.5 Å². The summed E-state index contributed by atoms with van der Waals surface area (Å²) in [4.78, 5) is 29.5. The van der Waals surface area contributed by atoms with E-state index >= 15 is 0 Å². The second-order valence-corrected chi connectivity index (χ2v) is 8.26. The standard InChI is InChI=1S/C22H28N2O4S/c1-3-28-22(26)17-6-4-12-23(14-17)16-21(25)24(15-20-7-5-13-29-20)18-8-10-19(27-2)11-9-18/h5,7-11,13,17H,3-4,6,12,14-16H2,1-2H3/p+1/t17-/m0/s1. The van der Waals surface area contributed by atoms with Gasteiger partial charge in [-0.3, -0.25) is 9.59 Å². The third-order valence-electron chi connectivity index (χ3n) is 5.22. The van der Waals surface area contributed by atoms with Crippen molar-refractivity contribution in [2.24, 2.45) is 5.92 Å². The summed E-state index contributed by atoms with van der Waals surface area (Å²) < 4.78 is 10.4. The number of benzene rings is 1. The fourth-order valence-corrected chi connectivity index (χ4v) is 4.42. The van der Waals surface area contributed by atoms with Gasteiger partial charge in [0, 0.05) is 10.6 Å². The highest BCUT2D eigenvalue weighted by Crippen LogP contribution is 2.22. The number of quaternary nitrogens is 1. The molecule has 7 heteroatoms. The number of carbonyl (C=O) groups is 2. The number of amides is 1. The summed E-state index contributed by atoms with van der Waals surface area (Å²) in [7, 11) is 1.63. The molecule has 0 bridgehead atoms. The molecular formula is C22H29N2O4S+. The minimum atomic E-state index is -0.136. The van der Waals surface area contributed by atoms with E-state index in [0.29, 0.717) is 26.2 Å². The molecule has 1 aliphatic heterocycles. The summed E-state index contributed by atoms with van der Waals surface area (Å²) in [6, 6.07) is 11.6. The lowest BCUT2D eigenvalue weighted by molar-refractivity contribution is -0.899. The van der Waals surface area contributed by atoms with Crippen molar-refractivity contribution in [2.45, 2.75) is 26.3 Å². The molecule has 1 aromatic heterocycles. The van der Waals surface area contributed by atoms with Gasteiger partial charge < -0.3 is 19.3 Å². The number of thiophene rings is 1. The molecule has 1 aliphatic rings. The molecule has 2 atom stereocenters. The molecule has 1 fully saturated rings. The Hall–Kier alpha value is -2.38. The molecule has 0 saturated carbocycles. The number of methoxy groups -OCH3 is 1. The molecule has 2 aromatic rings. The maximum atomic E-state index is 13.3. The molecule has 1 saturated heterocycles. The van der Waals surface area contributed by atoms with Crippen LogP contribution in [0.2, 0.25) is 0 Å². The van der Waals surface area contributed by atoms with Gasteiger partial charge in [-0.2, -0.15) is 0 Å². The molecule has 1 N–H and O–H groups in total. The second-order valence-electron chi connectivity index (χ2n) is 7.23. The fraction of sp³-hybridized carbons (Fsp3) is 0.455. The van der Waals surface area contributed by atoms with E-state index in [-0.39, 0.29) is 17.8 Å². The Morgan fingerprint density at radius 1 is 1.24 bits per heavy atom. The van der Waals surface area contributed by atoms with Crippen LogP contribution in [0.15, 0.2) is 41.8 Å². The van der Waals surface area contributed by atoms with Crippen molar-refractivity contribution in [1.82, 2.24) is 0 Å². The van der Waals surface area contributed by atoms with Crippen LogP contribution in [0.3, 0.4) is 0 Å². The average molecular weight is 418 g/mol. The lowest BCUT2D eigenvalue weighted by atomic mass is 9.98. The van der Waals surface area contributed by atoms with E-state index < -0.39 is 0 Å². The van der Waals surface area contributed by atoms with Crippen molar-refractivity contribution in [3.8, 4) is 5.75 Å². The van der Waals surface area contributed by atoms with Crippen LogP contribution in [-0.4, -0.2) is 45.2 Å². The van der Waals surface area contributed by atoms with Gasteiger partial charge in [-0.1, -0.05) is 6.07 Å². The van der Waals surface area contributed by atoms with Crippen LogP contribution >= 0.6 is 11.3 Å². The number of piperidine rings is 1. The van der Waals surface area contributed by atoms with E-state index in [1.54, 1.807) is 18.4 Å². The van der Waals surface area contributed by atoms with E-state index in [2.05, 4.69) is 0 Å². The highest BCUT2D eigenvalue weighted by atomic mass is 32.1. The van der Waals surface area contributed by atoms with Gasteiger partial charge in [0.2, 0.25) is 0 Å². The molecule has 1 amide bonds. The van der Waals surface area contributed by atoms with E-state index in [1.165, 1.54) is 0 Å². The first-order valence-corrected chi connectivity index (χ1v) is 11.0. The zero-order valence-electron chi connectivity index (χ0n) is 17.1. The molecule has 0 radical (unpaired) electrons. The molecule has 0 spiro atoms. The van der Waals surface area contributed by atoms with E-state index in [0.717, 1.165) is 40.6 Å². The first kappa shape index (κ1) is 21.3. The van der Waals surface area contributed by atoms with E-state index in [9.17, 15) is 9.59 Å². The highest BCUT2D eigenvalue weighted by molar-refractivity contribution is 7.09. The van der Waals surface area contributed by atoms with Gasteiger partial charge in [-0.15, -0.1) is 11.3 Å². The molecular weight excluding hydrogens is 388 g/mol. The predicted molar refractivity (Wildman–Crippen MR) is 113 cm³/mol. The third-order valence-corrected chi connectivity index (χ3v) is 6.08. The molecule has 3 rings (SSSR count). The van der Waals surface area contributed by atoms with Crippen molar-refractivity contribution < 1.29 is 24.0 Å². The molecule has 1 unspecified atom stereocenters. The maximum absolute atomic E-state index is 13.3. The average Bonchev–Trinajstić information content (AvgIpc) is 3.26. The van der Waals surface area contributed by atoms with Gasteiger partial charge in [0.25, 0.3) is 5.91 Å². The van der Waals surface area contributed by atoms with Crippen molar-refractivity contribution in [2.75, 3.05) is 38.3 Å². The first-order chi connectivity index (χ1) is 14.1. The lowest BCUT2D eigenvalue weighted by Gasteiger charge is -2.30. The lowest BCUT2D eigenvalue weighted by Crippen LogP contribution is -3.14. The molecule has 6 nitrogen and oxygen atoms in total. The highest BCUT2D eigenvalue weighted by Gasteiger charge is 2.32. The Labute approximate surface area is 176 Å². The molecule has 156 valence electrons. The van der Waals surface area contributed by atoms with Gasteiger partial charge in [0.1, 0.15) is 11.7 Å². The number of ether oxygens (including phenoxy) is 2. The topological polar surface area (TPSA) is 60.3 Å². The van der Waals surface area contributed by atoms with Crippen molar-refractivity contribution in [1.29, 1.82) is 0 Å². The summed E-state index contributed by atoms with van der Waals surface area (Å²) in [5.74, 6) is 0.570.